The third-order valence-corrected chi connectivity index (χ3v) is 2.56. The molecule has 0 aromatic rings. The third kappa shape index (κ3) is 5.44. The van der Waals surface area contributed by atoms with Crippen LogP contribution in [0.4, 0.5) is 0 Å². The van der Waals surface area contributed by atoms with Gasteiger partial charge in [-0.2, -0.15) is 0 Å². The quantitative estimate of drug-likeness (QED) is 0.469. The van der Waals surface area contributed by atoms with E-state index in [4.69, 9.17) is 19.9 Å². The number of hydrogen-bond donors (Lipinski definition) is 1. The van der Waals surface area contributed by atoms with E-state index < -0.39 is 5.54 Å². The number of carbonyl (C=O) groups excluding carboxylic acids is 1. The van der Waals surface area contributed by atoms with Crippen molar-refractivity contribution in [2.24, 2.45) is 5.73 Å². The van der Waals surface area contributed by atoms with Gasteiger partial charge in [0.15, 0.2) is 0 Å². The highest BCUT2D eigenvalue weighted by Gasteiger charge is 2.31. The van der Waals surface area contributed by atoms with Gasteiger partial charge < -0.3 is 19.9 Å². The fourth-order valence-corrected chi connectivity index (χ4v) is 1.12. The van der Waals surface area contributed by atoms with Gasteiger partial charge in [-0.1, -0.05) is 13.8 Å². The molecule has 0 spiro atoms. The molecule has 5 heteroatoms. The molecule has 5 nitrogen and oxygen atoms in total. The highest BCUT2D eigenvalue weighted by atomic mass is 16.6. The molecule has 0 unspecified atom stereocenters. The molecule has 0 fully saturated rings. The van der Waals surface area contributed by atoms with Crippen molar-refractivity contribution in [3.8, 4) is 0 Å². The summed E-state index contributed by atoms with van der Waals surface area (Å²) in [4.78, 5) is 11.6. The summed E-state index contributed by atoms with van der Waals surface area (Å²) in [6.07, 6.45) is 1.15. The first-order chi connectivity index (χ1) is 7.60. The molecule has 0 rings (SSSR count). The Bertz CT molecular complexity index is 192. The molecule has 2 N–H and O–H groups in total. The van der Waals surface area contributed by atoms with Crippen LogP contribution in [-0.4, -0.2) is 45.0 Å². The van der Waals surface area contributed by atoms with E-state index in [2.05, 4.69) is 0 Å². The first-order valence-corrected chi connectivity index (χ1v) is 5.63. The first-order valence-electron chi connectivity index (χ1n) is 5.63. The second-order valence-electron chi connectivity index (χ2n) is 3.60. The van der Waals surface area contributed by atoms with E-state index in [1.54, 1.807) is 7.11 Å². The fourth-order valence-electron chi connectivity index (χ4n) is 1.12. The van der Waals surface area contributed by atoms with Crippen molar-refractivity contribution in [3.05, 3.63) is 0 Å². The Labute approximate surface area is 97.2 Å². The predicted octanol–water partition coefficient (Wildman–Crippen LogP) is 0.710. The van der Waals surface area contributed by atoms with E-state index in [1.165, 1.54) is 0 Å². The van der Waals surface area contributed by atoms with E-state index in [1.807, 2.05) is 13.8 Å². The Kier molecular flexibility index (Phi) is 8.15. The van der Waals surface area contributed by atoms with Crippen molar-refractivity contribution >= 4 is 5.97 Å². The second kappa shape index (κ2) is 8.50. The number of nitrogens with two attached hydrogens (primary N) is 1. The number of hydrogen-bond acceptors (Lipinski definition) is 5. The highest BCUT2D eigenvalue weighted by molar-refractivity contribution is 5.80. The summed E-state index contributed by atoms with van der Waals surface area (Å²) in [6, 6.07) is 0. The van der Waals surface area contributed by atoms with Gasteiger partial charge >= 0.3 is 5.97 Å². The second-order valence-corrected chi connectivity index (χ2v) is 3.60. The van der Waals surface area contributed by atoms with Crippen molar-refractivity contribution < 1.29 is 19.0 Å². The standard InChI is InChI=1S/C11H23NO4/c1-4-11(12,5-2)10(13)16-9-8-15-7-6-14-3/h4-9,12H2,1-3H3. The van der Waals surface area contributed by atoms with E-state index in [0.717, 1.165) is 0 Å². The van der Waals surface area contributed by atoms with Gasteiger partial charge in [-0.15, -0.1) is 0 Å². The lowest BCUT2D eigenvalue weighted by Gasteiger charge is -2.23. The third-order valence-electron chi connectivity index (χ3n) is 2.56. The SMILES string of the molecule is CCC(N)(CC)C(=O)OCCOCCOC. The zero-order chi connectivity index (χ0) is 12.4. The minimum absolute atomic E-state index is 0.238. The van der Waals surface area contributed by atoms with E-state index in [0.29, 0.717) is 32.7 Å². The lowest BCUT2D eigenvalue weighted by Crippen LogP contribution is -2.48. The van der Waals surface area contributed by atoms with Gasteiger partial charge in [0.05, 0.1) is 19.8 Å². The Morgan fingerprint density at radius 1 is 1.12 bits per heavy atom. The van der Waals surface area contributed by atoms with Crippen molar-refractivity contribution in [2.75, 3.05) is 33.5 Å². The monoisotopic (exact) mass is 233 g/mol. The van der Waals surface area contributed by atoms with Gasteiger partial charge in [0.2, 0.25) is 0 Å². The zero-order valence-electron chi connectivity index (χ0n) is 10.5. The molecular weight excluding hydrogens is 210 g/mol. The summed E-state index contributed by atoms with van der Waals surface area (Å²) >= 11 is 0. The average molecular weight is 233 g/mol. The first kappa shape index (κ1) is 15.3. The Hall–Kier alpha value is -0.650. The molecule has 0 aromatic carbocycles. The summed E-state index contributed by atoms with van der Waals surface area (Å²) in [5.74, 6) is -0.354. The molecule has 0 aliphatic heterocycles. The smallest absolute Gasteiger partial charge is 0.326 e. The van der Waals surface area contributed by atoms with E-state index >= 15 is 0 Å². The average Bonchev–Trinajstić information content (AvgIpc) is 2.32. The van der Waals surface area contributed by atoms with Crippen molar-refractivity contribution in [1.82, 2.24) is 0 Å². The van der Waals surface area contributed by atoms with Crippen LogP contribution in [-0.2, 0) is 19.0 Å². The number of rotatable bonds is 9. The summed E-state index contributed by atoms with van der Waals surface area (Å²) in [5, 5.41) is 0. The maximum atomic E-state index is 11.6. The van der Waals surface area contributed by atoms with Gasteiger partial charge in [-0.05, 0) is 12.8 Å². The van der Waals surface area contributed by atoms with Crippen LogP contribution >= 0.6 is 0 Å². The normalized spacial score (nSPS) is 11.5. The molecule has 16 heavy (non-hydrogen) atoms. The van der Waals surface area contributed by atoms with E-state index in [9.17, 15) is 4.79 Å². The van der Waals surface area contributed by atoms with E-state index in [-0.39, 0.29) is 12.6 Å². The van der Waals surface area contributed by atoms with Crippen LogP contribution in [0.25, 0.3) is 0 Å². The van der Waals surface area contributed by atoms with Crippen LogP contribution in [0.3, 0.4) is 0 Å². The van der Waals surface area contributed by atoms with Crippen molar-refractivity contribution in [2.45, 2.75) is 32.2 Å². The summed E-state index contributed by atoms with van der Waals surface area (Å²) in [7, 11) is 1.61. The van der Waals surface area contributed by atoms with Crippen LogP contribution in [0.15, 0.2) is 0 Å². The molecule has 0 aliphatic rings. The molecule has 0 saturated carbocycles. The van der Waals surface area contributed by atoms with Crippen LogP contribution in [0.2, 0.25) is 0 Å². The molecule has 0 aromatic heterocycles. The summed E-state index contributed by atoms with van der Waals surface area (Å²) in [5.41, 5.74) is 5.01. The number of ether oxygens (including phenoxy) is 3. The van der Waals surface area contributed by atoms with Crippen LogP contribution in [0, 0.1) is 0 Å². The van der Waals surface area contributed by atoms with Crippen molar-refractivity contribution in [3.63, 3.8) is 0 Å². The molecule has 96 valence electrons. The van der Waals surface area contributed by atoms with Gasteiger partial charge in [-0.25, -0.2) is 0 Å². The van der Waals surface area contributed by atoms with Gasteiger partial charge in [-0.3, -0.25) is 4.79 Å². The highest BCUT2D eigenvalue weighted by Crippen LogP contribution is 2.12. The summed E-state index contributed by atoms with van der Waals surface area (Å²) < 4.78 is 15.0. The van der Waals surface area contributed by atoms with Gasteiger partial charge in [0, 0.05) is 7.11 Å². The molecule has 0 aliphatic carbocycles. The maximum absolute atomic E-state index is 11.6. The molecule has 0 bridgehead atoms. The zero-order valence-corrected chi connectivity index (χ0v) is 10.5. The number of methoxy groups -OCH3 is 1. The van der Waals surface area contributed by atoms with Crippen LogP contribution in [0.5, 0.6) is 0 Å². The minimum Gasteiger partial charge on any atom is -0.462 e. The molecule has 0 saturated heterocycles. The number of esters is 1. The molecule has 0 radical (unpaired) electrons. The number of carbonyl (C=O) groups is 1. The van der Waals surface area contributed by atoms with Crippen LogP contribution < -0.4 is 5.73 Å². The Morgan fingerprint density at radius 2 is 1.69 bits per heavy atom. The lowest BCUT2D eigenvalue weighted by molar-refractivity contribution is -0.152. The summed E-state index contributed by atoms with van der Waals surface area (Å²) in [6.45, 7) is 5.40. The fraction of sp³-hybridized carbons (Fsp3) is 0.909. The largest absolute Gasteiger partial charge is 0.462 e. The Balaban J connectivity index is 3.64. The topological polar surface area (TPSA) is 70.8 Å². The minimum atomic E-state index is -0.855. The molecule has 0 atom stereocenters. The molecule has 0 heterocycles. The maximum Gasteiger partial charge on any atom is 0.326 e. The lowest BCUT2D eigenvalue weighted by atomic mass is 9.95. The van der Waals surface area contributed by atoms with Crippen LogP contribution in [0.1, 0.15) is 26.7 Å². The molecule has 0 amide bonds. The van der Waals surface area contributed by atoms with Crippen molar-refractivity contribution in [1.29, 1.82) is 0 Å². The van der Waals surface area contributed by atoms with Gasteiger partial charge in [0.1, 0.15) is 12.1 Å². The molecular formula is C11H23NO4. The predicted molar refractivity (Wildman–Crippen MR) is 61.2 cm³/mol. The Morgan fingerprint density at radius 3 is 2.19 bits per heavy atom. The van der Waals surface area contributed by atoms with Gasteiger partial charge in [0.25, 0.3) is 0 Å².